The zero-order chi connectivity index (χ0) is 39.9. The molecule has 0 spiro atoms. The van der Waals surface area contributed by atoms with Crippen LogP contribution >= 0.6 is 0 Å². The highest BCUT2D eigenvalue weighted by molar-refractivity contribution is 6.74. The molecule has 0 radical (unpaired) electrons. The van der Waals surface area contributed by atoms with Gasteiger partial charge in [-0.1, -0.05) is 51.8 Å². The van der Waals surface area contributed by atoms with Crippen LogP contribution in [0.15, 0.2) is 10.2 Å². The van der Waals surface area contributed by atoms with E-state index >= 15 is 0 Å². The summed E-state index contributed by atoms with van der Waals surface area (Å²) < 4.78 is 64.4. The zero-order valence-electron chi connectivity index (χ0n) is 34.5. The van der Waals surface area contributed by atoms with E-state index in [-0.39, 0.29) is 35.4 Å². The first-order valence-electron chi connectivity index (χ1n) is 18.6. The van der Waals surface area contributed by atoms with Crippen LogP contribution in [0.4, 0.5) is 0 Å². The van der Waals surface area contributed by atoms with Crippen LogP contribution in [0.25, 0.3) is 20.9 Å². The molecule has 0 aromatic carbocycles. The van der Waals surface area contributed by atoms with Crippen LogP contribution in [-0.4, -0.2) is 161 Å². The topological polar surface area (TPSA) is 199 Å². The van der Waals surface area contributed by atoms with Gasteiger partial charge in [-0.3, -0.25) is 0 Å². The molecule has 17 nitrogen and oxygen atoms in total. The van der Waals surface area contributed by atoms with Gasteiger partial charge in [-0.15, -0.1) is 0 Å². The van der Waals surface area contributed by atoms with Crippen molar-refractivity contribution in [2.24, 2.45) is 10.2 Å². The van der Waals surface area contributed by atoms with E-state index in [1.165, 1.54) is 0 Å². The van der Waals surface area contributed by atoms with E-state index in [1.807, 2.05) is 0 Å². The van der Waals surface area contributed by atoms with Crippen LogP contribution in [0.3, 0.4) is 0 Å². The molecule has 0 aliphatic heterocycles. The Labute approximate surface area is 320 Å². The van der Waals surface area contributed by atoms with Crippen molar-refractivity contribution in [3.05, 3.63) is 20.9 Å². The van der Waals surface area contributed by atoms with E-state index in [9.17, 15) is 0 Å². The molecule has 0 aromatic rings. The van der Waals surface area contributed by atoms with Crippen molar-refractivity contribution in [1.29, 1.82) is 0 Å². The molecule has 0 atom stereocenters. The van der Waals surface area contributed by atoms with Gasteiger partial charge in [-0.05, 0) is 47.3 Å². The van der Waals surface area contributed by atoms with Crippen molar-refractivity contribution in [3.8, 4) is 0 Å². The van der Waals surface area contributed by atoms with E-state index in [0.717, 1.165) is 0 Å². The SMILES string of the molecule is CC(C)(C)[Si](C)(C)OCCOCC(COCCO[Si](C)(C)C(C)(C)C)OCCOCCOC(COCCOCCN=[N+]=[N-])COCCOCCN=[N+]=[N-]. The number of nitrogens with zero attached hydrogens (tertiary/aromatic N) is 6. The second kappa shape index (κ2) is 30.8. The first-order valence-corrected chi connectivity index (χ1v) is 24.5. The summed E-state index contributed by atoms with van der Waals surface area (Å²) >= 11 is 0. The Bertz CT molecular complexity index is 925. The molecule has 19 heteroatoms. The standard InChI is InChI=1S/C34H72N6O11Si2/c1-33(2,3)52(7,8)50-25-21-46-29-32(30-47-22-26-51-53(9,10)34(4,5)6)49-24-20-43-19-23-48-31(27-44-17-15-41-13-11-37-39-35)28-45-18-16-42-14-12-38-40-36/h31-32H,11-30H2,1-10H3. The van der Waals surface area contributed by atoms with Gasteiger partial charge in [-0.2, -0.15) is 0 Å². The molecule has 0 aliphatic carbocycles. The normalized spacial score (nSPS) is 13.3. The van der Waals surface area contributed by atoms with Crippen molar-refractivity contribution in [3.63, 3.8) is 0 Å². The number of hydrogen-bond donors (Lipinski definition) is 0. The Kier molecular flexibility index (Phi) is 30.0. The van der Waals surface area contributed by atoms with Crippen molar-refractivity contribution >= 4 is 16.6 Å². The molecule has 53 heavy (non-hydrogen) atoms. The number of ether oxygens (including phenoxy) is 9. The van der Waals surface area contributed by atoms with Gasteiger partial charge in [0.1, 0.15) is 12.2 Å². The molecular weight excluding hydrogens is 725 g/mol. The number of hydrogen-bond acceptors (Lipinski definition) is 13. The lowest BCUT2D eigenvalue weighted by Gasteiger charge is -2.36. The highest BCUT2D eigenvalue weighted by Crippen LogP contribution is 2.37. The zero-order valence-corrected chi connectivity index (χ0v) is 36.5. The molecule has 0 saturated carbocycles. The lowest BCUT2D eigenvalue weighted by molar-refractivity contribution is -0.0943. The van der Waals surface area contributed by atoms with Crippen LogP contribution in [0, 0.1) is 0 Å². The van der Waals surface area contributed by atoms with Crippen LogP contribution in [-0.2, 0) is 51.5 Å². The van der Waals surface area contributed by atoms with Crippen molar-refractivity contribution in [2.45, 2.75) is 90.0 Å². The molecule has 312 valence electrons. The Balaban J connectivity index is 4.68. The summed E-state index contributed by atoms with van der Waals surface area (Å²) in [5.41, 5.74) is 16.7. The molecular formula is C34H72N6O11Si2. The monoisotopic (exact) mass is 796 g/mol. The summed E-state index contributed by atoms with van der Waals surface area (Å²) in [5, 5.41) is 7.14. The van der Waals surface area contributed by atoms with Gasteiger partial charge in [0.05, 0.1) is 119 Å². The maximum Gasteiger partial charge on any atom is 0.192 e. The third kappa shape index (κ3) is 28.7. The van der Waals surface area contributed by atoms with E-state index in [1.54, 1.807) is 0 Å². The maximum atomic E-state index is 8.33. The first-order chi connectivity index (χ1) is 25.1. The number of rotatable bonds is 36. The van der Waals surface area contributed by atoms with Crippen LogP contribution in [0.2, 0.25) is 36.3 Å². The summed E-state index contributed by atoms with van der Waals surface area (Å²) in [5.74, 6) is 0. The lowest BCUT2D eigenvalue weighted by atomic mass is 10.2. The third-order valence-electron chi connectivity index (χ3n) is 8.91. The Hall–Kier alpha value is -1.39. The predicted molar refractivity (Wildman–Crippen MR) is 210 cm³/mol. The third-order valence-corrected chi connectivity index (χ3v) is 18.0. The van der Waals surface area contributed by atoms with Gasteiger partial charge in [-0.25, -0.2) is 0 Å². The van der Waals surface area contributed by atoms with Crippen LogP contribution in [0.5, 0.6) is 0 Å². The first kappa shape index (κ1) is 51.6. The van der Waals surface area contributed by atoms with Crippen molar-refractivity contribution in [2.75, 3.05) is 132 Å². The molecule has 0 N–H and O–H groups in total. The van der Waals surface area contributed by atoms with Crippen molar-refractivity contribution in [1.82, 2.24) is 0 Å². The second-order valence-electron chi connectivity index (χ2n) is 15.2. The Morgan fingerprint density at radius 1 is 0.434 bits per heavy atom. The van der Waals surface area contributed by atoms with Gasteiger partial charge in [0, 0.05) is 22.9 Å². The molecule has 0 rings (SSSR count). The van der Waals surface area contributed by atoms with Gasteiger partial charge < -0.3 is 51.5 Å². The van der Waals surface area contributed by atoms with Gasteiger partial charge >= 0.3 is 0 Å². The Morgan fingerprint density at radius 2 is 0.717 bits per heavy atom. The molecule has 0 bridgehead atoms. The summed E-state index contributed by atoms with van der Waals surface area (Å²) in [4.78, 5) is 5.38. The molecule has 0 heterocycles. The molecule has 0 fully saturated rings. The smallest absolute Gasteiger partial charge is 0.192 e. The summed E-state index contributed by atoms with van der Waals surface area (Å²) in [6.45, 7) is 29.8. The Morgan fingerprint density at radius 3 is 1.04 bits per heavy atom. The molecule has 0 saturated heterocycles. The van der Waals surface area contributed by atoms with Crippen molar-refractivity contribution < 1.29 is 51.5 Å². The highest BCUT2D eigenvalue weighted by Gasteiger charge is 2.37. The fourth-order valence-corrected chi connectivity index (χ4v) is 5.74. The van der Waals surface area contributed by atoms with E-state index in [0.29, 0.717) is 119 Å². The minimum absolute atomic E-state index is 0.143. The highest BCUT2D eigenvalue weighted by atomic mass is 28.4. The minimum Gasteiger partial charge on any atom is -0.414 e. The predicted octanol–water partition coefficient (Wildman–Crippen LogP) is 6.54. The van der Waals surface area contributed by atoms with Crippen LogP contribution in [0.1, 0.15) is 41.5 Å². The average molecular weight is 797 g/mol. The van der Waals surface area contributed by atoms with E-state index < -0.39 is 16.6 Å². The van der Waals surface area contributed by atoms with Gasteiger partial charge in [0.2, 0.25) is 0 Å². The van der Waals surface area contributed by atoms with Gasteiger partial charge in [0.15, 0.2) is 16.6 Å². The largest absolute Gasteiger partial charge is 0.414 e. The maximum absolute atomic E-state index is 8.33. The summed E-state index contributed by atoms with van der Waals surface area (Å²) in [6.07, 6.45) is -0.596. The molecule has 0 aliphatic rings. The number of azide groups is 2. The quantitative estimate of drug-likeness (QED) is 0.0219. The summed E-state index contributed by atoms with van der Waals surface area (Å²) in [6, 6.07) is 0. The van der Waals surface area contributed by atoms with E-state index in [4.69, 9.17) is 62.5 Å². The van der Waals surface area contributed by atoms with Crippen LogP contribution < -0.4 is 0 Å². The van der Waals surface area contributed by atoms with Gasteiger partial charge in [0.25, 0.3) is 0 Å². The fourth-order valence-electron chi connectivity index (χ4n) is 3.68. The molecule has 0 unspecified atom stereocenters. The average Bonchev–Trinajstić information content (AvgIpc) is 3.07. The fraction of sp³-hybridized carbons (Fsp3) is 1.00. The molecule has 0 amide bonds. The van der Waals surface area contributed by atoms with E-state index in [2.05, 4.69) is 87.8 Å². The second-order valence-corrected chi connectivity index (χ2v) is 24.9. The minimum atomic E-state index is -1.84. The molecule has 0 aromatic heterocycles. The summed E-state index contributed by atoms with van der Waals surface area (Å²) in [7, 11) is -3.68. The lowest BCUT2D eigenvalue weighted by Crippen LogP contribution is -2.42.